The van der Waals surface area contributed by atoms with E-state index in [0.29, 0.717) is 0 Å². The minimum absolute atomic E-state index is 0.779. The van der Waals surface area contributed by atoms with Gasteiger partial charge in [0.05, 0.1) is 6.61 Å². The maximum Gasteiger partial charge on any atom is 0.119 e. The topological polar surface area (TPSA) is 9.23 Å². The summed E-state index contributed by atoms with van der Waals surface area (Å²) in [6, 6.07) is 14.8. The van der Waals surface area contributed by atoms with E-state index >= 15 is 0 Å². The number of benzene rings is 2. The molecular formula is C16H18O. The van der Waals surface area contributed by atoms with Crippen molar-refractivity contribution in [1.82, 2.24) is 0 Å². The molecule has 0 heterocycles. The molecule has 1 aliphatic carbocycles. The molecule has 0 aromatic heterocycles. The Labute approximate surface area is 102 Å². The van der Waals surface area contributed by atoms with Crippen LogP contribution in [-0.2, 0) is 0 Å². The number of hydrogen-bond donors (Lipinski definition) is 0. The molecule has 0 spiro atoms. The molecule has 1 saturated carbocycles. The van der Waals surface area contributed by atoms with Crippen molar-refractivity contribution >= 4 is 10.8 Å². The number of ether oxygens (including phenoxy) is 1. The summed E-state index contributed by atoms with van der Waals surface area (Å²) in [5.41, 5.74) is 0. The number of hydrogen-bond acceptors (Lipinski definition) is 1. The SMILES string of the molecule is c1ccc2cc(OCC3CCCC3)ccc2c1. The van der Waals surface area contributed by atoms with Crippen molar-refractivity contribution < 1.29 is 4.74 Å². The predicted octanol–water partition coefficient (Wildman–Crippen LogP) is 4.41. The first kappa shape index (κ1) is 10.6. The van der Waals surface area contributed by atoms with Gasteiger partial charge in [0.1, 0.15) is 5.75 Å². The van der Waals surface area contributed by atoms with Crippen LogP contribution in [0.5, 0.6) is 5.75 Å². The van der Waals surface area contributed by atoms with Gasteiger partial charge in [0.25, 0.3) is 0 Å². The Balaban J connectivity index is 1.72. The third kappa shape index (κ3) is 2.44. The van der Waals surface area contributed by atoms with E-state index in [9.17, 15) is 0 Å². The highest BCUT2D eigenvalue weighted by atomic mass is 16.5. The summed E-state index contributed by atoms with van der Waals surface area (Å²) in [7, 11) is 0. The van der Waals surface area contributed by atoms with Crippen LogP contribution in [0.15, 0.2) is 42.5 Å². The van der Waals surface area contributed by atoms with E-state index in [1.807, 2.05) is 0 Å². The van der Waals surface area contributed by atoms with Crippen LogP contribution in [0, 0.1) is 5.92 Å². The van der Waals surface area contributed by atoms with Crippen LogP contribution in [-0.4, -0.2) is 6.61 Å². The van der Waals surface area contributed by atoms with Gasteiger partial charge < -0.3 is 4.74 Å². The summed E-state index contributed by atoms with van der Waals surface area (Å²) in [6.07, 6.45) is 5.44. The Morgan fingerprint density at radius 1 is 0.941 bits per heavy atom. The number of fused-ring (bicyclic) bond motifs is 1. The molecule has 17 heavy (non-hydrogen) atoms. The van der Waals surface area contributed by atoms with Crippen LogP contribution < -0.4 is 4.74 Å². The van der Waals surface area contributed by atoms with Crippen molar-refractivity contribution in [2.75, 3.05) is 6.61 Å². The van der Waals surface area contributed by atoms with Crippen LogP contribution in [0.3, 0.4) is 0 Å². The van der Waals surface area contributed by atoms with Crippen molar-refractivity contribution in [2.24, 2.45) is 5.92 Å². The predicted molar refractivity (Wildman–Crippen MR) is 71.4 cm³/mol. The molecule has 2 aromatic rings. The summed E-state index contributed by atoms with van der Waals surface area (Å²) < 4.78 is 5.90. The van der Waals surface area contributed by atoms with Gasteiger partial charge in [-0.05, 0) is 41.7 Å². The normalized spacial score (nSPS) is 16.5. The van der Waals surface area contributed by atoms with E-state index in [2.05, 4.69) is 42.5 Å². The van der Waals surface area contributed by atoms with Gasteiger partial charge in [-0.15, -0.1) is 0 Å². The minimum atomic E-state index is 0.779. The Morgan fingerprint density at radius 3 is 2.53 bits per heavy atom. The molecule has 0 bridgehead atoms. The lowest BCUT2D eigenvalue weighted by Gasteiger charge is -2.11. The fraction of sp³-hybridized carbons (Fsp3) is 0.375. The van der Waals surface area contributed by atoms with E-state index < -0.39 is 0 Å². The minimum Gasteiger partial charge on any atom is -0.493 e. The lowest BCUT2D eigenvalue weighted by atomic mass is 10.1. The second-order valence-corrected chi connectivity index (χ2v) is 4.97. The molecule has 0 saturated heterocycles. The van der Waals surface area contributed by atoms with Crippen LogP contribution in [0.25, 0.3) is 10.8 Å². The summed E-state index contributed by atoms with van der Waals surface area (Å²) in [6.45, 7) is 0.887. The first-order chi connectivity index (χ1) is 8.42. The summed E-state index contributed by atoms with van der Waals surface area (Å²) in [4.78, 5) is 0. The first-order valence-electron chi connectivity index (χ1n) is 6.53. The van der Waals surface area contributed by atoms with Crippen molar-refractivity contribution in [2.45, 2.75) is 25.7 Å². The van der Waals surface area contributed by atoms with Crippen LogP contribution in [0.4, 0.5) is 0 Å². The molecule has 2 aromatic carbocycles. The highest BCUT2D eigenvalue weighted by molar-refractivity contribution is 5.83. The molecule has 1 fully saturated rings. The second kappa shape index (κ2) is 4.79. The van der Waals surface area contributed by atoms with Crippen molar-refractivity contribution in [3.05, 3.63) is 42.5 Å². The molecule has 0 amide bonds. The fourth-order valence-electron chi connectivity index (χ4n) is 2.65. The lowest BCUT2D eigenvalue weighted by Crippen LogP contribution is -2.07. The zero-order valence-corrected chi connectivity index (χ0v) is 10.1. The molecule has 0 aliphatic heterocycles. The maximum atomic E-state index is 5.90. The van der Waals surface area contributed by atoms with E-state index in [0.717, 1.165) is 18.3 Å². The van der Waals surface area contributed by atoms with Crippen LogP contribution in [0.1, 0.15) is 25.7 Å². The Hall–Kier alpha value is -1.50. The zero-order chi connectivity index (χ0) is 11.5. The van der Waals surface area contributed by atoms with Gasteiger partial charge in [-0.2, -0.15) is 0 Å². The molecule has 0 radical (unpaired) electrons. The lowest BCUT2D eigenvalue weighted by molar-refractivity contribution is 0.252. The van der Waals surface area contributed by atoms with E-state index in [-0.39, 0.29) is 0 Å². The molecule has 1 aliphatic rings. The molecule has 1 nitrogen and oxygen atoms in total. The average Bonchev–Trinajstić information content (AvgIpc) is 2.89. The smallest absolute Gasteiger partial charge is 0.119 e. The third-order valence-corrected chi connectivity index (χ3v) is 3.68. The summed E-state index contributed by atoms with van der Waals surface area (Å²) >= 11 is 0. The highest BCUT2D eigenvalue weighted by Gasteiger charge is 2.15. The van der Waals surface area contributed by atoms with Gasteiger partial charge in [0.2, 0.25) is 0 Å². The van der Waals surface area contributed by atoms with E-state index in [1.54, 1.807) is 0 Å². The molecular weight excluding hydrogens is 208 g/mol. The second-order valence-electron chi connectivity index (χ2n) is 4.97. The van der Waals surface area contributed by atoms with Crippen LogP contribution >= 0.6 is 0 Å². The van der Waals surface area contributed by atoms with Crippen molar-refractivity contribution in [1.29, 1.82) is 0 Å². The average molecular weight is 226 g/mol. The van der Waals surface area contributed by atoms with Crippen molar-refractivity contribution in [3.63, 3.8) is 0 Å². The van der Waals surface area contributed by atoms with Gasteiger partial charge in [0.15, 0.2) is 0 Å². The number of rotatable bonds is 3. The van der Waals surface area contributed by atoms with Gasteiger partial charge in [-0.3, -0.25) is 0 Å². The van der Waals surface area contributed by atoms with E-state index in [4.69, 9.17) is 4.74 Å². The molecule has 3 rings (SSSR count). The highest BCUT2D eigenvalue weighted by Crippen LogP contribution is 2.26. The standard InChI is InChI=1S/C16H18O/c1-2-6-13(5-1)12-17-16-10-9-14-7-3-4-8-15(14)11-16/h3-4,7-11,13H,1-2,5-6,12H2. The fourth-order valence-corrected chi connectivity index (χ4v) is 2.65. The summed E-state index contributed by atoms with van der Waals surface area (Å²) in [5.74, 6) is 1.79. The van der Waals surface area contributed by atoms with E-state index in [1.165, 1.54) is 36.5 Å². The Kier molecular flexibility index (Phi) is 3.00. The monoisotopic (exact) mass is 226 g/mol. The maximum absolute atomic E-state index is 5.90. The van der Waals surface area contributed by atoms with Crippen molar-refractivity contribution in [3.8, 4) is 5.75 Å². The molecule has 0 atom stereocenters. The van der Waals surface area contributed by atoms with Gasteiger partial charge in [-0.1, -0.05) is 43.2 Å². The van der Waals surface area contributed by atoms with Gasteiger partial charge in [-0.25, -0.2) is 0 Å². The molecule has 1 heteroatoms. The zero-order valence-electron chi connectivity index (χ0n) is 10.1. The largest absolute Gasteiger partial charge is 0.493 e. The molecule has 0 unspecified atom stereocenters. The Morgan fingerprint density at radius 2 is 1.71 bits per heavy atom. The Bertz CT molecular complexity index is 498. The molecule has 88 valence electrons. The van der Waals surface area contributed by atoms with Gasteiger partial charge >= 0.3 is 0 Å². The van der Waals surface area contributed by atoms with Gasteiger partial charge in [0, 0.05) is 0 Å². The quantitative estimate of drug-likeness (QED) is 0.753. The summed E-state index contributed by atoms with van der Waals surface area (Å²) in [5, 5.41) is 2.54. The molecule has 0 N–H and O–H groups in total. The first-order valence-corrected chi connectivity index (χ1v) is 6.53. The van der Waals surface area contributed by atoms with Crippen LogP contribution in [0.2, 0.25) is 0 Å². The third-order valence-electron chi connectivity index (χ3n) is 3.68.